The summed E-state index contributed by atoms with van der Waals surface area (Å²) in [5.41, 5.74) is 2.32. The molecule has 180 valence electrons. The molecule has 0 aromatic heterocycles. The molecule has 0 saturated carbocycles. The molecule has 1 fully saturated rings. The van der Waals surface area contributed by atoms with Gasteiger partial charge >= 0.3 is 5.97 Å². The molecule has 2 aromatic carbocycles. The monoisotopic (exact) mass is 475 g/mol. The summed E-state index contributed by atoms with van der Waals surface area (Å²) in [6.07, 6.45) is 0.731. The van der Waals surface area contributed by atoms with Crippen LogP contribution in [0.25, 0.3) is 0 Å². The van der Waals surface area contributed by atoms with Gasteiger partial charge in [0.05, 0.1) is 12.8 Å². The molecular formula is C25H34FN3O3S. The normalized spacial score (nSPS) is 15.1. The number of hydrogen-bond acceptors (Lipinski definition) is 6. The Kier molecular flexibility index (Phi) is 9.00. The van der Waals surface area contributed by atoms with Crippen LogP contribution in [0.15, 0.2) is 35.2 Å². The number of benzene rings is 2. The maximum Gasteiger partial charge on any atom is 0.341 e. The highest BCUT2D eigenvalue weighted by atomic mass is 32.2. The summed E-state index contributed by atoms with van der Waals surface area (Å²) in [4.78, 5) is 17.8. The number of carboxylic acid groups (broad SMARTS) is 1. The minimum Gasteiger partial charge on any atom is -0.495 e. The molecule has 33 heavy (non-hydrogen) atoms. The lowest BCUT2D eigenvalue weighted by molar-refractivity contribution is 0.0694. The first-order chi connectivity index (χ1) is 15.8. The summed E-state index contributed by atoms with van der Waals surface area (Å²) in [5, 5.41) is 9.85. The van der Waals surface area contributed by atoms with Crippen molar-refractivity contribution in [2.45, 2.75) is 38.0 Å². The van der Waals surface area contributed by atoms with E-state index in [4.69, 9.17) is 4.74 Å². The zero-order valence-electron chi connectivity index (χ0n) is 19.9. The largest absolute Gasteiger partial charge is 0.495 e. The number of piperazine rings is 1. The summed E-state index contributed by atoms with van der Waals surface area (Å²) in [5.74, 6) is -0.821. The van der Waals surface area contributed by atoms with Gasteiger partial charge in [0.2, 0.25) is 0 Å². The van der Waals surface area contributed by atoms with E-state index in [1.54, 1.807) is 18.2 Å². The Balaban J connectivity index is 1.75. The Bertz CT molecular complexity index is 962. The third-order valence-corrected chi connectivity index (χ3v) is 7.07. The minimum absolute atomic E-state index is 0.105. The van der Waals surface area contributed by atoms with Gasteiger partial charge in [-0.05, 0) is 66.2 Å². The van der Waals surface area contributed by atoms with E-state index in [0.717, 1.165) is 61.7 Å². The number of aromatic carboxylic acids is 1. The van der Waals surface area contributed by atoms with Crippen molar-refractivity contribution in [3.05, 3.63) is 52.8 Å². The number of halogens is 1. The van der Waals surface area contributed by atoms with Crippen molar-refractivity contribution in [2.24, 2.45) is 0 Å². The van der Waals surface area contributed by atoms with Crippen molar-refractivity contribution in [1.29, 1.82) is 0 Å². The van der Waals surface area contributed by atoms with E-state index in [0.29, 0.717) is 11.4 Å². The van der Waals surface area contributed by atoms with Gasteiger partial charge in [-0.3, -0.25) is 0 Å². The number of carboxylic acids is 1. The third-order valence-electron chi connectivity index (χ3n) is 6.13. The van der Waals surface area contributed by atoms with E-state index in [9.17, 15) is 14.3 Å². The van der Waals surface area contributed by atoms with Gasteiger partial charge in [-0.15, -0.1) is 0 Å². The van der Waals surface area contributed by atoms with Crippen molar-refractivity contribution in [1.82, 2.24) is 9.80 Å². The average Bonchev–Trinajstić information content (AvgIpc) is 2.81. The number of hydrogen-bond donors (Lipinski definition) is 2. The smallest absolute Gasteiger partial charge is 0.341 e. The predicted molar refractivity (Wildman–Crippen MR) is 132 cm³/mol. The van der Waals surface area contributed by atoms with E-state index in [1.807, 2.05) is 19.9 Å². The third kappa shape index (κ3) is 6.40. The number of nitrogens with zero attached hydrogens (tertiary/aromatic N) is 2. The molecule has 3 rings (SSSR count). The Morgan fingerprint density at radius 2 is 1.88 bits per heavy atom. The Morgan fingerprint density at radius 3 is 2.48 bits per heavy atom. The standard InChI is InChI=1S/C25H34FN3O3S/c1-5-28-12-14-29(15-13-28)11-10-18-16-19(26)6-9-22(18)33-27-21-8-7-20(17(2)3)24(32-4)23(21)25(30)31/h6-9,16-17,27H,5,10-15H2,1-4H3,(H,30,31). The van der Waals surface area contributed by atoms with Crippen LogP contribution in [0.2, 0.25) is 0 Å². The van der Waals surface area contributed by atoms with Crippen LogP contribution in [0.5, 0.6) is 5.75 Å². The molecule has 8 heteroatoms. The SMILES string of the molecule is CCN1CCN(CCc2cc(F)ccc2SNc2ccc(C(C)C)c(OC)c2C(=O)O)CC1. The fourth-order valence-electron chi connectivity index (χ4n) is 4.13. The highest BCUT2D eigenvalue weighted by Crippen LogP contribution is 2.37. The first-order valence-corrected chi connectivity index (χ1v) is 12.3. The lowest BCUT2D eigenvalue weighted by Crippen LogP contribution is -2.46. The number of likely N-dealkylation sites (N-methyl/N-ethyl adjacent to an activating group) is 1. The number of rotatable bonds is 10. The Morgan fingerprint density at radius 1 is 1.18 bits per heavy atom. The summed E-state index contributed by atoms with van der Waals surface area (Å²) in [6.45, 7) is 12.3. The predicted octanol–water partition coefficient (Wildman–Crippen LogP) is 4.96. The van der Waals surface area contributed by atoms with Gasteiger partial charge in [-0.25, -0.2) is 9.18 Å². The molecule has 1 aliphatic rings. The Labute approximate surface area is 200 Å². The second kappa shape index (κ2) is 11.7. The minimum atomic E-state index is -1.05. The van der Waals surface area contributed by atoms with Crippen molar-refractivity contribution in [3.63, 3.8) is 0 Å². The number of anilines is 1. The second-order valence-electron chi connectivity index (χ2n) is 8.55. The average molecular weight is 476 g/mol. The van der Waals surface area contributed by atoms with Crippen LogP contribution in [-0.2, 0) is 6.42 Å². The van der Waals surface area contributed by atoms with Crippen LogP contribution in [0, 0.1) is 5.82 Å². The topological polar surface area (TPSA) is 65.0 Å². The van der Waals surface area contributed by atoms with E-state index in [1.165, 1.54) is 25.1 Å². The van der Waals surface area contributed by atoms with Crippen molar-refractivity contribution >= 4 is 23.6 Å². The molecule has 2 aromatic rings. The number of ether oxygens (including phenoxy) is 1. The summed E-state index contributed by atoms with van der Waals surface area (Å²) in [6, 6.07) is 8.42. The zero-order chi connectivity index (χ0) is 24.0. The van der Waals surface area contributed by atoms with Crippen LogP contribution in [0.1, 0.15) is 48.2 Å². The van der Waals surface area contributed by atoms with Crippen molar-refractivity contribution in [2.75, 3.05) is 51.1 Å². The van der Waals surface area contributed by atoms with Crippen LogP contribution in [0.3, 0.4) is 0 Å². The van der Waals surface area contributed by atoms with Gasteiger partial charge in [-0.2, -0.15) is 0 Å². The van der Waals surface area contributed by atoms with E-state index in [2.05, 4.69) is 21.4 Å². The van der Waals surface area contributed by atoms with Gasteiger partial charge in [0, 0.05) is 37.6 Å². The molecule has 1 saturated heterocycles. The van der Waals surface area contributed by atoms with Crippen LogP contribution in [-0.4, -0.2) is 67.3 Å². The Hall–Kier alpha value is -2.29. The van der Waals surface area contributed by atoms with E-state index in [-0.39, 0.29) is 17.3 Å². The molecule has 0 amide bonds. The zero-order valence-corrected chi connectivity index (χ0v) is 20.7. The first-order valence-electron chi connectivity index (χ1n) is 11.4. The van der Waals surface area contributed by atoms with Gasteiger partial charge < -0.3 is 24.4 Å². The quantitative estimate of drug-likeness (QED) is 0.471. The first kappa shape index (κ1) is 25.3. The molecule has 0 radical (unpaired) electrons. The number of carbonyl (C=O) groups is 1. The fraction of sp³-hybridized carbons (Fsp3) is 0.480. The van der Waals surface area contributed by atoms with Gasteiger partial charge in [0.1, 0.15) is 17.1 Å². The number of methoxy groups -OCH3 is 1. The fourth-order valence-corrected chi connectivity index (χ4v) is 4.95. The van der Waals surface area contributed by atoms with Crippen LogP contribution >= 0.6 is 11.9 Å². The van der Waals surface area contributed by atoms with Gasteiger partial charge in [0.25, 0.3) is 0 Å². The van der Waals surface area contributed by atoms with Crippen LogP contribution in [0.4, 0.5) is 10.1 Å². The molecule has 6 nitrogen and oxygen atoms in total. The second-order valence-corrected chi connectivity index (χ2v) is 9.40. The van der Waals surface area contributed by atoms with Crippen molar-refractivity contribution in [3.8, 4) is 5.75 Å². The maximum atomic E-state index is 14.0. The lowest BCUT2D eigenvalue weighted by Gasteiger charge is -2.34. The molecule has 0 bridgehead atoms. The highest BCUT2D eigenvalue weighted by Gasteiger charge is 2.22. The highest BCUT2D eigenvalue weighted by molar-refractivity contribution is 8.00. The van der Waals surface area contributed by atoms with Crippen LogP contribution < -0.4 is 9.46 Å². The molecule has 0 aliphatic carbocycles. The molecule has 0 spiro atoms. The summed E-state index contributed by atoms with van der Waals surface area (Å²) in [7, 11) is 1.49. The van der Waals surface area contributed by atoms with Gasteiger partial charge in [0.15, 0.2) is 0 Å². The summed E-state index contributed by atoms with van der Waals surface area (Å²) >= 11 is 1.30. The van der Waals surface area contributed by atoms with E-state index >= 15 is 0 Å². The maximum absolute atomic E-state index is 14.0. The molecular weight excluding hydrogens is 441 g/mol. The molecule has 2 N–H and O–H groups in total. The van der Waals surface area contributed by atoms with E-state index < -0.39 is 5.97 Å². The summed E-state index contributed by atoms with van der Waals surface area (Å²) < 4.78 is 22.7. The molecule has 1 aliphatic heterocycles. The molecule has 1 heterocycles. The van der Waals surface area contributed by atoms with Gasteiger partial charge in [-0.1, -0.05) is 26.8 Å². The number of nitrogens with one attached hydrogen (secondary N) is 1. The molecule has 0 unspecified atom stereocenters. The van der Waals surface area contributed by atoms with Crippen molar-refractivity contribution < 1.29 is 19.0 Å². The molecule has 0 atom stereocenters. The lowest BCUT2D eigenvalue weighted by atomic mass is 9.98.